The van der Waals surface area contributed by atoms with Crippen molar-refractivity contribution in [1.82, 2.24) is 15.6 Å². The van der Waals surface area contributed by atoms with E-state index in [0.29, 0.717) is 5.11 Å². The summed E-state index contributed by atoms with van der Waals surface area (Å²) >= 11 is 5.12. The van der Waals surface area contributed by atoms with Crippen molar-refractivity contribution in [1.29, 1.82) is 0 Å². The monoisotopic (exact) mass is 239 g/mol. The van der Waals surface area contributed by atoms with Gasteiger partial charge in [0.25, 0.3) is 0 Å². The first-order chi connectivity index (χ1) is 7.83. The molecule has 0 saturated heterocycles. The second-order valence-electron chi connectivity index (χ2n) is 3.31. The molecule has 0 aliphatic carbocycles. The number of nitrogens with one attached hydrogen (secondary N) is 2. The van der Waals surface area contributed by atoms with E-state index in [-0.39, 0.29) is 0 Å². The number of methoxy groups -OCH3 is 1. The lowest BCUT2D eigenvalue weighted by Gasteiger charge is -2.09. The molecule has 1 aromatic rings. The average Bonchev–Trinajstić information content (AvgIpc) is 2.33. The van der Waals surface area contributed by atoms with Gasteiger partial charge in [0.1, 0.15) is 0 Å². The van der Waals surface area contributed by atoms with Crippen LogP contribution < -0.4 is 10.6 Å². The number of ether oxygens (including phenoxy) is 1. The fourth-order valence-electron chi connectivity index (χ4n) is 1.16. The molecule has 1 rings (SSSR count). The van der Waals surface area contributed by atoms with Crippen LogP contribution in [0.4, 0.5) is 0 Å². The molecule has 0 bridgehead atoms. The number of hydrogen-bond donors (Lipinski definition) is 2. The van der Waals surface area contributed by atoms with E-state index >= 15 is 0 Å². The van der Waals surface area contributed by atoms with Crippen molar-refractivity contribution in [3.05, 3.63) is 30.1 Å². The van der Waals surface area contributed by atoms with Gasteiger partial charge in [0.15, 0.2) is 5.11 Å². The highest BCUT2D eigenvalue weighted by Crippen LogP contribution is 1.94. The van der Waals surface area contributed by atoms with Crippen LogP contribution >= 0.6 is 12.2 Å². The SMILES string of the molecule is COCCCNC(=S)NCc1ccncc1. The summed E-state index contributed by atoms with van der Waals surface area (Å²) in [6, 6.07) is 3.92. The van der Waals surface area contributed by atoms with Crippen LogP contribution in [-0.2, 0) is 11.3 Å². The Bertz CT molecular complexity index is 305. The predicted octanol–water partition coefficient (Wildman–Crippen LogP) is 1.08. The number of nitrogens with zero attached hydrogens (tertiary/aromatic N) is 1. The molecule has 0 aliphatic heterocycles. The minimum Gasteiger partial charge on any atom is -0.385 e. The van der Waals surface area contributed by atoms with Gasteiger partial charge in [0.05, 0.1) is 0 Å². The highest BCUT2D eigenvalue weighted by Gasteiger charge is 1.95. The summed E-state index contributed by atoms with van der Waals surface area (Å²) in [5.41, 5.74) is 1.16. The standard InChI is InChI=1S/C11H17N3OS/c1-15-8-2-5-13-11(16)14-9-10-3-6-12-7-4-10/h3-4,6-7H,2,5,8-9H2,1H3,(H2,13,14,16). The molecule has 88 valence electrons. The third-order valence-electron chi connectivity index (χ3n) is 2.01. The van der Waals surface area contributed by atoms with Gasteiger partial charge in [-0.15, -0.1) is 0 Å². The Kier molecular flexibility index (Phi) is 6.44. The first-order valence-corrected chi connectivity index (χ1v) is 5.63. The normalized spacial score (nSPS) is 9.81. The molecule has 0 aliphatic rings. The molecule has 0 atom stereocenters. The van der Waals surface area contributed by atoms with Crippen LogP contribution in [0.15, 0.2) is 24.5 Å². The van der Waals surface area contributed by atoms with Gasteiger partial charge in [-0.25, -0.2) is 0 Å². The zero-order valence-corrected chi connectivity index (χ0v) is 10.2. The van der Waals surface area contributed by atoms with Crippen LogP contribution in [0.3, 0.4) is 0 Å². The summed E-state index contributed by atoms with van der Waals surface area (Å²) in [7, 11) is 1.69. The molecule has 0 unspecified atom stereocenters. The van der Waals surface area contributed by atoms with E-state index in [9.17, 15) is 0 Å². The summed E-state index contributed by atoms with van der Waals surface area (Å²) in [5.74, 6) is 0. The highest BCUT2D eigenvalue weighted by molar-refractivity contribution is 7.80. The van der Waals surface area contributed by atoms with Crippen LogP contribution in [0.1, 0.15) is 12.0 Å². The Balaban J connectivity index is 2.11. The van der Waals surface area contributed by atoms with Gasteiger partial charge in [0, 0.05) is 39.2 Å². The Morgan fingerprint density at radius 2 is 2.12 bits per heavy atom. The number of rotatable bonds is 6. The van der Waals surface area contributed by atoms with Gasteiger partial charge in [-0.2, -0.15) is 0 Å². The fraction of sp³-hybridized carbons (Fsp3) is 0.455. The second kappa shape index (κ2) is 8.01. The Morgan fingerprint density at radius 3 is 2.81 bits per heavy atom. The summed E-state index contributed by atoms with van der Waals surface area (Å²) in [4.78, 5) is 3.95. The third kappa shape index (κ3) is 5.63. The zero-order chi connectivity index (χ0) is 11.6. The first kappa shape index (κ1) is 12.9. The number of pyridine rings is 1. The number of thiocarbonyl (C=S) groups is 1. The maximum absolute atomic E-state index is 5.12. The molecule has 2 N–H and O–H groups in total. The smallest absolute Gasteiger partial charge is 0.166 e. The number of aromatic nitrogens is 1. The van der Waals surface area contributed by atoms with Gasteiger partial charge < -0.3 is 15.4 Å². The lowest BCUT2D eigenvalue weighted by Crippen LogP contribution is -2.35. The molecule has 16 heavy (non-hydrogen) atoms. The van der Waals surface area contributed by atoms with E-state index in [0.717, 1.165) is 31.7 Å². The van der Waals surface area contributed by atoms with Crippen molar-refractivity contribution in [3.63, 3.8) is 0 Å². The van der Waals surface area contributed by atoms with Crippen molar-refractivity contribution in [2.75, 3.05) is 20.3 Å². The number of hydrogen-bond acceptors (Lipinski definition) is 3. The van der Waals surface area contributed by atoms with Crippen LogP contribution in [0.5, 0.6) is 0 Å². The van der Waals surface area contributed by atoms with Gasteiger partial charge in [-0.1, -0.05) is 0 Å². The Hall–Kier alpha value is -1.20. The van der Waals surface area contributed by atoms with Crippen LogP contribution in [0.2, 0.25) is 0 Å². The minimum absolute atomic E-state index is 0.674. The van der Waals surface area contributed by atoms with Crippen molar-refractivity contribution >= 4 is 17.3 Å². The molecule has 0 saturated carbocycles. The first-order valence-electron chi connectivity index (χ1n) is 5.22. The topological polar surface area (TPSA) is 46.2 Å². The molecule has 5 heteroatoms. The zero-order valence-electron chi connectivity index (χ0n) is 9.40. The third-order valence-corrected chi connectivity index (χ3v) is 2.30. The fourth-order valence-corrected chi connectivity index (χ4v) is 1.34. The molecule has 0 radical (unpaired) electrons. The van der Waals surface area contributed by atoms with Crippen molar-refractivity contribution in [2.24, 2.45) is 0 Å². The van der Waals surface area contributed by atoms with E-state index in [2.05, 4.69) is 15.6 Å². The van der Waals surface area contributed by atoms with E-state index in [4.69, 9.17) is 17.0 Å². The Morgan fingerprint density at radius 1 is 1.38 bits per heavy atom. The van der Waals surface area contributed by atoms with Crippen molar-refractivity contribution < 1.29 is 4.74 Å². The lowest BCUT2D eigenvalue weighted by atomic mass is 10.3. The highest BCUT2D eigenvalue weighted by atomic mass is 32.1. The lowest BCUT2D eigenvalue weighted by molar-refractivity contribution is 0.195. The summed E-state index contributed by atoms with van der Waals surface area (Å²) in [6.07, 6.45) is 4.49. The molecular formula is C11H17N3OS. The molecule has 0 amide bonds. The van der Waals surface area contributed by atoms with E-state index in [1.807, 2.05) is 12.1 Å². The quantitative estimate of drug-likeness (QED) is 0.574. The van der Waals surface area contributed by atoms with Crippen molar-refractivity contribution in [3.8, 4) is 0 Å². The minimum atomic E-state index is 0.674. The van der Waals surface area contributed by atoms with Gasteiger partial charge in [-0.3, -0.25) is 4.98 Å². The molecule has 0 fully saturated rings. The largest absolute Gasteiger partial charge is 0.385 e. The van der Waals surface area contributed by atoms with E-state index in [1.165, 1.54) is 0 Å². The molecule has 1 heterocycles. The summed E-state index contributed by atoms with van der Waals surface area (Å²) < 4.78 is 4.94. The van der Waals surface area contributed by atoms with Crippen LogP contribution in [0.25, 0.3) is 0 Å². The molecule has 4 nitrogen and oxygen atoms in total. The van der Waals surface area contributed by atoms with Crippen molar-refractivity contribution in [2.45, 2.75) is 13.0 Å². The average molecular weight is 239 g/mol. The maximum atomic E-state index is 5.12. The summed E-state index contributed by atoms with van der Waals surface area (Å²) in [6.45, 7) is 2.30. The molecule has 0 aromatic carbocycles. The Labute approximate surface area is 101 Å². The molecular weight excluding hydrogens is 222 g/mol. The summed E-state index contributed by atoms with van der Waals surface area (Å²) in [5, 5.41) is 6.91. The molecule has 0 spiro atoms. The van der Waals surface area contributed by atoms with Gasteiger partial charge in [0.2, 0.25) is 0 Å². The van der Waals surface area contributed by atoms with Gasteiger partial charge >= 0.3 is 0 Å². The van der Waals surface area contributed by atoms with Crippen LogP contribution in [-0.4, -0.2) is 30.4 Å². The maximum Gasteiger partial charge on any atom is 0.166 e. The van der Waals surface area contributed by atoms with Crippen LogP contribution in [0, 0.1) is 0 Å². The van der Waals surface area contributed by atoms with E-state index in [1.54, 1.807) is 19.5 Å². The predicted molar refractivity (Wildman–Crippen MR) is 68.2 cm³/mol. The van der Waals surface area contributed by atoms with Gasteiger partial charge in [-0.05, 0) is 36.3 Å². The van der Waals surface area contributed by atoms with E-state index < -0.39 is 0 Å². The second-order valence-corrected chi connectivity index (χ2v) is 3.72. The molecule has 1 aromatic heterocycles.